The van der Waals surface area contributed by atoms with Gasteiger partial charge in [-0.05, 0) is 54.2 Å². The average molecular weight is 412 g/mol. The lowest BCUT2D eigenvalue weighted by atomic mass is 9.93. The molecule has 2 unspecified atom stereocenters. The lowest BCUT2D eigenvalue weighted by molar-refractivity contribution is -0.151. The van der Waals surface area contributed by atoms with Crippen molar-refractivity contribution >= 4 is 12.0 Å². The second-order valence-electron chi connectivity index (χ2n) is 7.89. The Hall–Kier alpha value is -2.57. The van der Waals surface area contributed by atoms with Crippen molar-refractivity contribution in [3.63, 3.8) is 0 Å². The van der Waals surface area contributed by atoms with Gasteiger partial charge in [-0.2, -0.15) is 0 Å². The third-order valence-corrected chi connectivity index (χ3v) is 5.90. The van der Waals surface area contributed by atoms with E-state index < -0.39 is 11.6 Å². The zero-order chi connectivity index (χ0) is 21.1. The van der Waals surface area contributed by atoms with E-state index >= 15 is 0 Å². The number of nitrogens with zero attached hydrogens (tertiary/aromatic N) is 1. The minimum Gasteiger partial charge on any atom is -0.365 e. The standard InChI is InChI=1S/C24H26F2N2O2/c1-16(18-9-10-22(25)23(26)11-18)28-14-20(30-15-24(28)29)13-27-12-19-7-4-6-17-5-2-3-8-21(17)19/h3-4,6-11,16,20,27H,2,5,12-15H2,1H3. The molecule has 158 valence electrons. The molecule has 4 rings (SSSR count). The maximum absolute atomic E-state index is 13.6. The molecule has 1 saturated heterocycles. The lowest BCUT2D eigenvalue weighted by Crippen LogP contribution is -2.50. The van der Waals surface area contributed by atoms with Crippen LogP contribution in [-0.2, 0) is 22.5 Å². The molecule has 1 aliphatic heterocycles. The Morgan fingerprint density at radius 2 is 2.10 bits per heavy atom. The number of aryl methyl sites for hydroxylation is 1. The fraction of sp³-hybridized carbons (Fsp3) is 0.375. The molecular formula is C24H26F2N2O2. The number of allylic oxidation sites excluding steroid dienone is 1. The molecule has 0 radical (unpaired) electrons. The molecule has 2 atom stereocenters. The summed E-state index contributed by atoms with van der Waals surface area (Å²) in [5.41, 5.74) is 4.49. The van der Waals surface area contributed by atoms with Gasteiger partial charge in [0.05, 0.1) is 12.1 Å². The Balaban J connectivity index is 1.36. The van der Waals surface area contributed by atoms with Crippen LogP contribution in [0, 0.1) is 11.6 Å². The highest BCUT2D eigenvalue weighted by Crippen LogP contribution is 2.25. The number of amides is 1. The molecule has 2 aromatic carbocycles. The average Bonchev–Trinajstić information content (AvgIpc) is 2.76. The molecule has 1 heterocycles. The van der Waals surface area contributed by atoms with Gasteiger partial charge in [-0.25, -0.2) is 8.78 Å². The van der Waals surface area contributed by atoms with E-state index in [1.807, 2.05) is 6.92 Å². The van der Waals surface area contributed by atoms with E-state index in [4.69, 9.17) is 4.74 Å². The molecule has 0 aromatic heterocycles. The van der Waals surface area contributed by atoms with E-state index in [0.29, 0.717) is 18.7 Å². The normalized spacial score (nSPS) is 19.6. The van der Waals surface area contributed by atoms with Crippen LogP contribution >= 0.6 is 0 Å². The Bertz CT molecular complexity index is 960. The molecular weight excluding hydrogens is 386 g/mol. The van der Waals surface area contributed by atoms with Gasteiger partial charge in [0.2, 0.25) is 5.91 Å². The van der Waals surface area contributed by atoms with Gasteiger partial charge in [-0.15, -0.1) is 0 Å². The number of carbonyl (C=O) groups is 1. The van der Waals surface area contributed by atoms with Crippen LogP contribution in [0.25, 0.3) is 6.08 Å². The maximum atomic E-state index is 13.6. The monoisotopic (exact) mass is 412 g/mol. The molecule has 0 bridgehead atoms. The molecule has 1 N–H and O–H groups in total. The van der Waals surface area contributed by atoms with Crippen molar-refractivity contribution in [2.24, 2.45) is 0 Å². The Morgan fingerprint density at radius 3 is 2.93 bits per heavy atom. The summed E-state index contributed by atoms with van der Waals surface area (Å²) >= 11 is 0. The van der Waals surface area contributed by atoms with Crippen LogP contribution in [0.4, 0.5) is 8.78 Å². The van der Waals surface area contributed by atoms with Crippen molar-refractivity contribution in [2.45, 2.75) is 38.5 Å². The molecule has 2 aliphatic rings. The highest BCUT2D eigenvalue weighted by Gasteiger charge is 2.30. The number of ether oxygens (including phenoxy) is 1. The van der Waals surface area contributed by atoms with Crippen LogP contribution in [0.1, 0.15) is 41.6 Å². The summed E-state index contributed by atoms with van der Waals surface area (Å²) in [6.07, 6.45) is 6.39. The number of carbonyl (C=O) groups excluding carboxylic acids is 1. The smallest absolute Gasteiger partial charge is 0.249 e. The third-order valence-electron chi connectivity index (χ3n) is 5.90. The van der Waals surface area contributed by atoms with E-state index in [2.05, 4.69) is 35.7 Å². The van der Waals surface area contributed by atoms with Gasteiger partial charge in [0.1, 0.15) is 6.61 Å². The van der Waals surface area contributed by atoms with Crippen molar-refractivity contribution in [3.8, 4) is 0 Å². The van der Waals surface area contributed by atoms with Gasteiger partial charge in [0, 0.05) is 19.6 Å². The first-order chi connectivity index (χ1) is 14.5. The third kappa shape index (κ3) is 4.45. The van der Waals surface area contributed by atoms with E-state index in [1.165, 1.54) is 22.8 Å². The number of fused-ring (bicyclic) bond motifs is 1. The van der Waals surface area contributed by atoms with Crippen molar-refractivity contribution in [2.75, 3.05) is 19.7 Å². The first-order valence-electron chi connectivity index (χ1n) is 10.4. The van der Waals surface area contributed by atoms with Crippen LogP contribution in [-0.4, -0.2) is 36.6 Å². The molecule has 30 heavy (non-hydrogen) atoms. The van der Waals surface area contributed by atoms with Gasteiger partial charge in [-0.1, -0.05) is 36.4 Å². The first-order valence-corrected chi connectivity index (χ1v) is 10.4. The number of hydrogen-bond acceptors (Lipinski definition) is 3. The Morgan fingerprint density at radius 1 is 1.23 bits per heavy atom. The van der Waals surface area contributed by atoms with Crippen LogP contribution in [0.3, 0.4) is 0 Å². The maximum Gasteiger partial charge on any atom is 0.249 e. The van der Waals surface area contributed by atoms with Crippen molar-refractivity contribution in [1.82, 2.24) is 10.2 Å². The number of rotatable bonds is 6. The highest BCUT2D eigenvalue weighted by molar-refractivity contribution is 5.78. The van der Waals surface area contributed by atoms with Crippen LogP contribution in [0.5, 0.6) is 0 Å². The second kappa shape index (κ2) is 9.06. The van der Waals surface area contributed by atoms with Crippen LogP contribution in [0.2, 0.25) is 0 Å². The largest absolute Gasteiger partial charge is 0.365 e. The van der Waals surface area contributed by atoms with Crippen molar-refractivity contribution < 1.29 is 18.3 Å². The lowest BCUT2D eigenvalue weighted by Gasteiger charge is -2.37. The van der Waals surface area contributed by atoms with Gasteiger partial charge in [0.25, 0.3) is 0 Å². The first kappa shape index (κ1) is 20.7. The molecule has 1 fully saturated rings. The molecule has 4 nitrogen and oxygen atoms in total. The predicted molar refractivity (Wildman–Crippen MR) is 112 cm³/mol. The van der Waals surface area contributed by atoms with Crippen LogP contribution < -0.4 is 5.32 Å². The number of benzene rings is 2. The van der Waals surface area contributed by atoms with Crippen molar-refractivity contribution in [3.05, 3.63) is 76.4 Å². The minimum atomic E-state index is -0.904. The summed E-state index contributed by atoms with van der Waals surface area (Å²) in [4.78, 5) is 14.0. The molecule has 2 aromatic rings. The Labute approximate surface area is 175 Å². The summed E-state index contributed by atoms with van der Waals surface area (Å²) in [6, 6.07) is 9.81. The van der Waals surface area contributed by atoms with Gasteiger partial charge in [0.15, 0.2) is 11.6 Å². The van der Waals surface area contributed by atoms with E-state index in [9.17, 15) is 13.6 Å². The topological polar surface area (TPSA) is 41.6 Å². The molecule has 0 saturated carbocycles. The van der Waals surface area contributed by atoms with E-state index in [-0.39, 0.29) is 24.7 Å². The van der Waals surface area contributed by atoms with Gasteiger partial charge < -0.3 is 15.0 Å². The molecule has 6 heteroatoms. The SMILES string of the molecule is CC(c1ccc(F)c(F)c1)N1CC(CNCc2cccc3c2C=CCC3)OCC1=O. The summed E-state index contributed by atoms with van der Waals surface area (Å²) < 4.78 is 32.5. The second-order valence-corrected chi connectivity index (χ2v) is 7.89. The number of hydrogen-bond donors (Lipinski definition) is 1. The molecule has 0 spiro atoms. The zero-order valence-corrected chi connectivity index (χ0v) is 17.0. The van der Waals surface area contributed by atoms with E-state index in [1.54, 1.807) is 4.90 Å². The Kier molecular flexibility index (Phi) is 6.25. The predicted octanol–water partition coefficient (Wildman–Crippen LogP) is 4.00. The molecule has 1 amide bonds. The summed E-state index contributed by atoms with van der Waals surface area (Å²) in [7, 11) is 0. The highest BCUT2D eigenvalue weighted by atomic mass is 19.2. The van der Waals surface area contributed by atoms with E-state index in [0.717, 1.165) is 31.5 Å². The summed E-state index contributed by atoms with van der Waals surface area (Å²) in [5, 5.41) is 3.45. The van der Waals surface area contributed by atoms with Gasteiger partial charge in [-0.3, -0.25) is 4.79 Å². The van der Waals surface area contributed by atoms with Crippen molar-refractivity contribution in [1.29, 1.82) is 0 Å². The zero-order valence-electron chi connectivity index (χ0n) is 17.0. The summed E-state index contributed by atoms with van der Waals surface area (Å²) in [5.74, 6) is -1.94. The fourth-order valence-electron chi connectivity index (χ4n) is 4.16. The van der Waals surface area contributed by atoms with Gasteiger partial charge >= 0.3 is 0 Å². The molecule has 1 aliphatic carbocycles. The number of nitrogens with one attached hydrogen (secondary N) is 1. The number of morpholine rings is 1. The quantitative estimate of drug-likeness (QED) is 0.780. The summed E-state index contributed by atoms with van der Waals surface area (Å²) in [6.45, 7) is 3.54. The minimum absolute atomic E-state index is 0.0101. The number of halogens is 2. The van der Waals surface area contributed by atoms with Crippen LogP contribution in [0.15, 0.2) is 42.5 Å². The fourth-order valence-corrected chi connectivity index (χ4v) is 4.16.